The lowest BCUT2D eigenvalue weighted by atomic mass is 10.1. The van der Waals surface area contributed by atoms with Crippen LogP contribution in [0.2, 0.25) is 0 Å². The van der Waals surface area contributed by atoms with Crippen molar-refractivity contribution < 1.29 is 35.1 Å². The van der Waals surface area contributed by atoms with Crippen LogP contribution in [0.1, 0.15) is 19.4 Å². The molecule has 11 heteroatoms. The number of sulfonamides is 1. The van der Waals surface area contributed by atoms with Gasteiger partial charge in [-0.2, -0.15) is 13.2 Å². The normalized spacial score (nSPS) is 14.2. The Bertz CT molecular complexity index is 1070. The number of benzene rings is 2. The molecule has 0 unspecified atom stereocenters. The van der Waals surface area contributed by atoms with E-state index in [0.29, 0.717) is 12.1 Å². The minimum atomic E-state index is -5.04. The number of rotatable bonds is 7. The van der Waals surface area contributed by atoms with E-state index in [1.54, 1.807) is 19.9 Å². The Balaban J connectivity index is 2.68. The van der Waals surface area contributed by atoms with Crippen molar-refractivity contribution in [2.75, 3.05) is 6.61 Å². The zero-order chi connectivity index (χ0) is 22.0. The summed E-state index contributed by atoms with van der Waals surface area (Å²) in [4.78, 5) is -2.00. The summed E-state index contributed by atoms with van der Waals surface area (Å²) >= 11 is 0. The molecule has 160 valence electrons. The summed E-state index contributed by atoms with van der Waals surface area (Å²) in [5.74, 6) is -0.416. The molecule has 0 spiro atoms. The number of hydrogen-bond acceptors (Lipinski definition) is 5. The average Bonchev–Trinajstić information content (AvgIpc) is 2.65. The highest BCUT2D eigenvalue weighted by molar-refractivity contribution is 7.91. The molecule has 1 atom stereocenters. The minimum Gasteiger partial charge on any atom is -0.395 e. The lowest BCUT2D eigenvalue weighted by Crippen LogP contribution is -2.41. The molecule has 0 fully saturated rings. The molecule has 0 saturated carbocycles. The predicted octanol–water partition coefficient (Wildman–Crippen LogP) is 2.83. The summed E-state index contributed by atoms with van der Waals surface area (Å²) < 4.78 is 93.1. The molecule has 2 aromatic rings. The maximum Gasteiger partial charge on any atom is 0.417 e. The molecule has 0 bridgehead atoms. The molecule has 29 heavy (non-hydrogen) atoms. The molecule has 6 nitrogen and oxygen atoms in total. The van der Waals surface area contributed by atoms with E-state index in [0.717, 1.165) is 6.07 Å². The van der Waals surface area contributed by atoms with Crippen molar-refractivity contribution >= 4 is 19.9 Å². The number of sulfone groups is 1. The van der Waals surface area contributed by atoms with Gasteiger partial charge in [0.25, 0.3) is 0 Å². The van der Waals surface area contributed by atoms with Crippen molar-refractivity contribution in [1.29, 1.82) is 0 Å². The van der Waals surface area contributed by atoms with E-state index >= 15 is 0 Å². The molecule has 0 saturated heterocycles. The molecule has 2 rings (SSSR count). The van der Waals surface area contributed by atoms with Crippen LogP contribution in [0.25, 0.3) is 0 Å². The van der Waals surface area contributed by atoms with Crippen LogP contribution in [-0.2, 0) is 26.0 Å². The van der Waals surface area contributed by atoms with Gasteiger partial charge in [0.15, 0.2) is 0 Å². The Kier molecular flexibility index (Phi) is 6.78. The Labute approximate surface area is 167 Å². The van der Waals surface area contributed by atoms with Crippen LogP contribution >= 0.6 is 0 Å². The number of nitrogens with one attached hydrogen (secondary N) is 1. The average molecular weight is 451 g/mol. The highest BCUT2D eigenvalue weighted by atomic mass is 32.2. The van der Waals surface area contributed by atoms with Crippen LogP contribution in [0.3, 0.4) is 0 Å². The zero-order valence-electron chi connectivity index (χ0n) is 15.5. The molecule has 2 N–H and O–H groups in total. The Morgan fingerprint density at radius 2 is 1.55 bits per heavy atom. The van der Waals surface area contributed by atoms with Crippen LogP contribution in [-0.4, -0.2) is 34.6 Å². The first-order valence-electron chi connectivity index (χ1n) is 8.45. The van der Waals surface area contributed by atoms with E-state index < -0.39 is 60.0 Å². The van der Waals surface area contributed by atoms with Crippen molar-refractivity contribution in [2.24, 2.45) is 5.92 Å². The number of aliphatic hydroxyl groups is 1. The first-order valence-corrected chi connectivity index (χ1v) is 11.4. The molecule has 0 aromatic heterocycles. The Morgan fingerprint density at radius 3 is 2.03 bits per heavy atom. The second kappa shape index (κ2) is 8.42. The summed E-state index contributed by atoms with van der Waals surface area (Å²) in [5.41, 5.74) is -1.50. The SMILES string of the molecule is CC(C)[C@@H](CO)NS(=O)(=O)c1cc(S(=O)(=O)c2ccccc2)ccc1C(F)(F)F. The van der Waals surface area contributed by atoms with Gasteiger partial charge in [0, 0.05) is 6.04 Å². The highest BCUT2D eigenvalue weighted by Gasteiger charge is 2.39. The van der Waals surface area contributed by atoms with Crippen molar-refractivity contribution in [3.8, 4) is 0 Å². The maximum atomic E-state index is 13.4. The van der Waals surface area contributed by atoms with Crippen molar-refractivity contribution in [2.45, 2.75) is 40.8 Å². The summed E-state index contributed by atoms with van der Waals surface area (Å²) in [5, 5.41) is 9.32. The van der Waals surface area contributed by atoms with E-state index in [2.05, 4.69) is 0 Å². The van der Waals surface area contributed by atoms with Gasteiger partial charge in [-0.3, -0.25) is 0 Å². The zero-order valence-corrected chi connectivity index (χ0v) is 17.1. The summed E-state index contributed by atoms with van der Waals surface area (Å²) in [7, 11) is -9.03. The lowest BCUT2D eigenvalue weighted by Gasteiger charge is -2.22. The monoisotopic (exact) mass is 451 g/mol. The third-order valence-corrected chi connectivity index (χ3v) is 7.52. The summed E-state index contributed by atoms with van der Waals surface area (Å²) in [6.07, 6.45) is -5.04. The van der Waals surface area contributed by atoms with Crippen molar-refractivity contribution in [3.63, 3.8) is 0 Å². The first kappa shape index (κ1) is 23.3. The van der Waals surface area contributed by atoms with Gasteiger partial charge in [0.2, 0.25) is 19.9 Å². The smallest absolute Gasteiger partial charge is 0.395 e. The van der Waals surface area contributed by atoms with Crippen LogP contribution in [0, 0.1) is 5.92 Å². The van der Waals surface area contributed by atoms with E-state index in [1.165, 1.54) is 24.3 Å². The minimum absolute atomic E-state index is 0.188. The van der Waals surface area contributed by atoms with Gasteiger partial charge < -0.3 is 5.11 Å². The fourth-order valence-electron chi connectivity index (χ4n) is 2.51. The fourth-order valence-corrected chi connectivity index (χ4v) is 5.52. The molecular formula is C18H20F3NO5S2. The molecule has 0 aliphatic carbocycles. The van der Waals surface area contributed by atoms with Crippen LogP contribution < -0.4 is 4.72 Å². The standard InChI is InChI=1S/C18H20F3NO5S2/c1-12(2)16(11-23)22-29(26,27)17-10-14(8-9-15(17)18(19,20)21)28(24,25)13-6-4-3-5-7-13/h3-10,12,16,22-23H,11H2,1-2H3/t16-/m1/s1. The van der Waals surface area contributed by atoms with Gasteiger partial charge in [-0.05, 0) is 36.2 Å². The Hall–Kier alpha value is -1.95. The lowest BCUT2D eigenvalue weighted by molar-refractivity contribution is -0.139. The van der Waals surface area contributed by atoms with Crippen LogP contribution in [0.4, 0.5) is 13.2 Å². The second-order valence-electron chi connectivity index (χ2n) is 6.63. The molecule has 0 aliphatic rings. The molecule has 0 radical (unpaired) electrons. The van der Waals surface area contributed by atoms with Gasteiger partial charge in [0.05, 0.1) is 26.9 Å². The van der Waals surface area contributed by atoms with Gasteiger partial charge >= 0.3 is 6.18 Å². The number of aliphatic hydroxyl groups excluding tert-OH is 1. The maximum absolute atomic E-state index is 13.4. The van der Waals surface area contributed by atoms with E-state index in [4.69, 9.17) is 0 Å². The topological polar surface area (TPSA) is 101 Å². The van der Waals surface area contributed by atoms with Crippen molar-refractivity contribution in [1.82, 2.24) is 4.72 Å². The Morgan fingerprint density at radius 1 is 0.966 bits per heavy atom. The first-order chi connectivity index (χ1) is 13.3. The third-order valence-electron chi connectivity index (χ3n) is 4.22. The summed E-state index contributed by atoms with van der Waals surface area (Å²) in [6.45, 7) is 2.51. The molecular weight excluding hydrogens is 431 g/mol. The quantitative estimate of drug-likeness (QED) is 0.674. The van der Waals surface area contributed by atoms with E-state index in [9.17, 15) is 35.1 Å². The number of hydrogen-bond donors (Lipinski definition) is 2. The number of halogens is 3. The molecule has 2 aromatic carbocycles. The van der Waals surface area contributed by atoms with E-state index in [-0.39, 0.29) is 4.90 Å². The van der Waals surface area contributed by atoms with Gasteiger partial charge in [-0.1, -0.05) is 32.0 Å². The number of alkyl halides is 3. The van der Waals surface area contributed by atoms with Gasteiger partial charge in [-0.25, -0.2) is 21.6 Å². The fraction of sp³-hybridized carbons (Fsp3) is 0.333. The van der Waals surface area contributed by atoms with E-state index in [1.807, 2.05) is 4.72 Å². The van der Waals surface area contributed by atoms with Gasteiger partial charge in [-0.15, -0.1) is 0 Å². The predicted molar refractivity (Wildman–Crippen MR) is 99.4 cm³/mol. The second-order valence-corrected chi connectivity index (χ2v) is 10.3. The largest absolute Gasteiger partial charge is 0.417 e. The highest BCUT2D eigenvalue weighted by Crippen LogP contribution is 2.36. The van der Waals surface area contributed by atoms with Gasteiger partial charge in [0.1, 0.15) is 0 Å². The van der Waals surface area contributed by atoms with Crippen molar-refractivity contribution in [3.05, 3.63) is 54.1 Å². The summed E-state index contributed by atoms with van der Waals surface area (Å²) in [6, 6.07) is 7.52. The van der Waals surface area contributed by atoms with Crippen LogP contribution in [0.15, 0.2) is 63.2 Å². The molecule has 0 amide bonds. The third kappa shape index (κ3) is 5.16. The molecule has 0 heterocycles. The molecule has 0 aliphatic heterocycles. The van der Waals surface area contributed by atoms with Crippen LogP contribution in [0.5, 0.6) is 0 Å².